The lowest BCUT2D eigenvalue weighted by Gasteiger charge is -2.21. The second kappa shape index (κ2) is 5.82. The molecule has 0 atom stereocenters. The number of carboxylic acids is 1. The van der Waals surface area contributed by atoms with Crippen LogP contribution in [0.4, 0.5) is 0 Å². The molecule has 1 rings (SSSR count). The lowest BCUT2D eigenvalue weighted by Crippen LogP contribution is -2.46. The van der Waals surface area contributed by atoms with Crippen LogP contribution in [0.3, 0.4) is 0 Å². The average molecular weight is 235 g/mol. The van der Waals surface area contributed by atoms with Crippen molar-refractivity contribution in [2.45, 2.75) is 45.7 Å². The second-order valence-corrected chi connectivity index (χ2v) is 4.85. The Morgan fingerprint density at radius 1 is 1.24 bits per heavy atom. The smallest absolute Gasteiger partial charge is 0.323 e. The summed E-state index contributed by atoms with van der Waals surface area (Å²) in [5, 5.41) is 12.0. The third-order valence-electron chi connectivity index (χ3n) is 2.83. The fraction of sp³-hybridized carbons (Fsp3) is 0.500. The van der Waals surface area contributed by atoms with Gasteiger partial charge in [-0.25, -0.2) is 0 Å². The van der Waals surface area contributed by atoms with Crippen molar-refractivity contribution < 1.29 is 9.90 Å². The SMILES string of the molecule is CCCc1ccc(CNC(C)(C)C(=O)O)cc1. The van der Waals surface area contributed by atoms with Crippen LogP contribution in [0.25, 0.3) is 0 Å². The highest BCUT2D eigenvalue weighted by Gasteiger charge is 2.25. The molecule has 0 spiro atoms. The number of rotatable bonds is 6. The molecule has 1 aromatic carbocycles. The predicted octanol–water partition coefficient (Wildman–Crippen LogP) is 2.59. The number of hydrogen-bond acceptors (Lipinski definition) is 2. The van der Waals surface area contributed by atoms with E-state index in [1.165, 1.54) is 5.56 Å². The number of carbonyl (C=O) groups is 1. The molecule has 0 saturated heterocycles. The van der Waals surface area contributed by atoms with E-state index in [2.05, 4.69) is 36.5 Å². The molecule has 17 heavy (non-hydrogen) atoms. The van der Waals surface area contributed by atoms with Gasteiger partial charge in [-0.1, -0.05) is 37.6 Å². The van der Waals surface area contributed by atoms with Gasteiger partial charge in [-0.3, -0.25) is 10.1 Å². The highest BCUT2D eigenvalue weighted by molar-refractivity contribution is 5.77. The number of hydrogen-bond donors (Lipinski definition) is 2. The number of carboxylic acid groups (broad SMARTS) is 1. The molecule has 0 fully saturated rings. The first-order valence-electron chi connectivity index (χ1n) is 6.02. The van der Waals surface area contributed by atoms with E-state index in [0.717, 1.165) is 18.4 Å². The van der Waals surface area contributed by atoms with E-state index >= 15 is 0 Å². The van der Waals surface area contributed by atoms with E-state index in [4.69, 9.17) is 5.11 Å². The third kappa shape index (κ3) is 4.19. The van der Waals surface area contributed by atoms with Crippen LogP contribution in [-0.4, -0.2) is 16.6 Å². The van der Waals surface area contributed by atoms with Crippen LogP contribution in [0.2, 0.25) is 0 Å². The minimum absolute atomic E-state index is 0.575. The van der Waals surface area contributed by atoms with Crippen molar-refractivity contribution in [2.24, 2.45) is 0 Å². The Morgan fingerprint density at radius 3 is 2.24 bits per heavy atom. The van der Waals surface area contributed by atoms with Gasteiger partial charge in [-0.2, -0.15) is 0 Å². The van der Waals surface area contributed by atoms with E-state index in [0.29, 0.717) is 6.54 Å². The number of aryl methyl sites for hydroxylation is 1. The number of benzene rings is 1. The van der Waals surface area contributed by atoms with Gasteiger partial charge >= 0.3 is 5.97 Å². The molecule has 0 heterocycles. The van der Waals surface area contributed by atoms with E-state index in [1.54, 1.807) is 13.8 Å². The Balaban J connectivity index is 2.55. The Labute approximate surface area is 103 Å². The zero-order chi connectivity index (χ0) is 12.9. The Morgan fingerprint density at radius 2 is 1.76 bits per heavy atom. The summed E-state index contributed by atoms with van der Waals surface area (Å²) in [4.78, 5) is 10.9. The molecular weight excluding hydrogens is 214 g/mol. The van der Waals surface area contributed by atoms with Crippen LogP contribution >= 0.6 is 0 Å². The van der Waals surface area contributed by atoms with Crippen LogP contribution < -0.4 is 5.32 Å². The molecule has 0 amide bonds. The monoisotopic (exact) mass is 235 g/mol. The van der Waals surface area contributed by atoms with Crippen molar-refractivity contribution in [3.63, 3.8) is 0 Å². The maximum atomic E-state index is 10.9. The quantitative estimate of drug-likeness (QED) is 0.796. The van der Waals surface area contributed by atoms with Crippen LogP contribution in [-0.2, 0) is 17.8 Å². The van der Waals surface area contributed by atoms with Crippen molar-refractivity contribution in [2.75, 3.05) is 0 Å². The van der Waals surface area contributed by atoms with Gasteiger partial charge in [0.25, 0.3) is 0 Å². The van der Waals surface area contributed by atoms with Gasteiger partial charge in [0.2, 0.25) is 0 Å². The van der Waals surface area contributed by atoms with Crippen LogP contribution in [0.5, 0.6) is 0 Å². The number of nitrogens with one attached hydrogen (secondary N) is 1. The average Bonchev–Trinajstić information content (AvgIpc) is 2.28. The molecule has 1 aromatic rings. The Hall–Kier alpha value is -1.35. The molecule has 0 aliphatic rings. The molecule has 0 bridgehead atoms. The third-order valence-corrected chi connectivity index (χ3v) is 2.83. The van der Waals surface area contributed by atoms with Gasteiger partial charge in [-0.15, -0.1) is 0 Å². The lowest BCUT2D eigenvalue weighted by atomic mass is 10.0. The fourth-order valence-electron chi connectivity index (χ4n) is 1.51. The minimum atomic E-state index is -0.887. The zero-order valence-electron chi connectivity index (χ0n) is 10.8. The Bertz CT molecular complexity index is 368. The summed E-state index contributed by atoms with van der Waals surface area (Å²) >= 11 is 0. The first-order valence-corrected chi connectivity index (χ1v) is 6.02. The van der Waals surface area contributed by atoms with E-state index in [9.17, 15) is 4.79 Å². The van der Waals surface area contributed by atoms with Gasteiger partial charge in [0.05, 0.1) is 0 Å². The molecule has 0 saturated carbocycles. The summed E-state index contributed by atoms with van der Waals surface area (Å²) in [5.74, 6) is -0.833. The van der Waals surface area contributed by atoms with Crippen LogP contribution in [0, 0.1) is 0 Å². The molecular formula is C14H21NO2. The summed E-state index contributed by atoms with van der Waals surface area (Å²) in [6.07, 6.45) is 2.23. The van der Waals surface area contributed by atoms with E-state index < -0.39 is 11.5 Å². The summed E-state index contributed by atoms with van der Waals surface area (Å²) in [5.41, 5.74) is 1.55. The summed E-state index contributed by atoms with van der Waals surface area (Å²) in [6, 6.07) is 8.31. The van der Waals surface area contributed by atoms with Crippen LogP contribution in [0.1, 0.15) is 38.3 Å². The van der Waals surface area contributed by atoms with Gasteiger partial charge in [0, 0.05) is 6.54 Å². The largest absolute Gasteiger partial charge is 0.480 e. The lowest BCUT2D eigenvalue weighted by molar-refractivity contribution is -0.143. The Kier molecular flexibility index (Phi) is 4.70. The first kappa shape index (κ1) is 13.7. The molecule has 3 nitrogen and oxygen atoms in total. The van der Waals surface area contributed by atoms with E-state index in [1.807, 2.05) is 0 Å². The zero-order valence-corrected chi connectivity index (χ0v) is 10.8. The van der Waals surface area contributed by atoms with Gasteiger partial charge < -0.3 is 5.11 Å². The molecule has 3 heteroatoms. The maximum Gasteiger partial charge on any atom is 0.323 e. The number of aliphatic carboxylic acids is 1. The fourth-order valence-corrected chi connectivity index (χ4v) is 1.51. The highest BCUT2D eigenvalue weighted by atomic mass is 16.4. The molecule has 94 valence electrons. The van der Waals surface area contributed by atoms with Crippen molar-refractivity contribution in [1.82, 2.24) is 5.32 Å². The predicted molar refractivity (Wildman–Crippen MR) is 69.0 cm³/mol. The van der Waals surface area contributed by atoms with Gasteiger partial charge in [0.15, 0.2) is 0 Å². The normalized spacial score (nSPS) is 11.5. The first-order chi connectivity index (χ1) is 7.95. The van der Waals surface area contributed by atoms with Crippen molar-refractivity contribution in [1.29, 1.82) is 0 Å². The summed E-state index contributed by atoms with van der Waals surface area (Å²) in [6.45, 7) is 6.07. The molecule has 2 N–H and O–H groups in total. The molecule has 0 radical (unpaired) electrons. The van der Waals surface area contributed by atoms with E-state index in [-0.39, 0.29) is 0 Å². The highest BCUT2D eigenvalue weighted by Crippen LogP contribution is 2.09. The minimum Gasteiger partial charge on any atom is -0.480 e. The van der Waals surface area contributed by atoms with Crippen molar-refractivity contribution in [3.8, 4) is 0 Å². The van der Waals surface area contributed by atoms with Gasteiger partial charge in [0.1, 0.15) is 5.54 Å². The topological polar surface area (TPSA) is 49.3 Å². The summed E-state index contributed by atoms with van der Waals surface area (Å²) < 4.78 is 0. The molecule has 0 aromatic heterocycles. The van der Waals surface area contributed by atoms with Crippen molar-refractivity contribution in [3.05, 3.63) is 35.4 Å². The standard InChI is InChI=1S/C14H21NO2/c1-4-5-11-6-8-12(9-7-11)10-15-14(2,3)13(16)17/h6-9,15H,4-5,10H2,1-3H3,(H,16,17). The second-order valence-electron chi connectivity index (χ2n) is 4.85. The van der Waals surface area contributed by atoms with Crippen molar-refractivity contribution >= 4 is 5.97 Å². The molecule has 0 aliphatic heterocycles. The summed E-state index contributed by atoms with van der Waals surface area (Å²) in [7, 11) is 0. The van der Waals surface area contributed by atoms with Crippen LogP contribution in [0.15, 0.2) is 24.3 Å². The maximum absolute atomic E-state index is 10.9. The van der Waals surface area contributed by atoms with Gasteiger partial charge in [-0.05, 0) is 31.4 Å². The molecule has 0 aliphatic carbocycles. The molecule has 0 unspecified atom stereocenters.